The molecule has 0 amide bonds. The smallest absolute Gasteiger partial charge is 0.340 e. The minimum atomic E-state index is -0.996. The number of ketones is 3. The van der Waals surface area contributed by atoms with E-state index in [1.54, 1.807) is 74.5 Å². The summed E-state index contributed by atoms with van der Waals surface area (Å²) in [5.41, 5.74) is 18.4. The summed E-state index contributed by atoms with van der Waals surface area (Å²) in [7, 11) is 1.00. The number of allylic oxidation sites excluding steroid dienone is 1. The van der Waals surface area contributed by atoms with Crippen LogP contribution in [-0.4, -0.2) is 108 Å². The number of aryl methyl sites for hydroxylation is 1. The third kappa shape index (κ3) is 27.9. The molecule has 149 heavy (non-hydrogen) atoms. The van der Waals surface area contributed by atoms with Crippen molar-refractivity contribution in [2.45, 2.75) is 158 Å². The van der Waals surface area contributed by atoms with Gasteiger partial charge in [0, 0.05) is 166 Å². The molecule has 0 saturated carbocycles. The second kappa shape index (κ2) is 53.0. The van der Waals surface area contributed by atoms with Crippen LogP contribution in [0.1, 0.15) is 249 Å². The van der Waals surface area contributed by atoms with Crippen molar-refractivity contribution in [1.82, 2.24) is 22.8 Å². The number of aromatic hydroxyl groups is 5. The van der Waals surface area contributed by atoms with Crippen molar-refractivity contribution in [2.75, 3.05) is 13.7 Å². The van der Waals surface area contributed by atoms with Gasteiger partial charge in [0.1, 0.15) is 35.0 Å². The second-order valence-electron chi connectivity index (χ2n) is 36.9. The second-order valence-corrected chi connectivity index (χ2v) is 36.9. The monoisotopic (exact) mass is 2110 g/mol. The average Bonchev–Trinajstić information content (AvgIpc) is 1.62. The number of esters is 1. The van der Waals surface area contributed by atoms with Gasteiger partial charge in [-0.15, -0.1) is 0 Å². The van der Waals surface area contributed by atoms with Gasteiger partial charge in [-0.3, -0.25) is 19.2 Å². The molecule has 0 atom stereocenters. The number of nitrogens with zero attached hydrogens (tertiary/aromatic N) is 5. The molecule has 0 aliphatic heterocycles. The Bertz CT molecular complexity index is 7620. The van der Waals surface area contributed by atoms with Crippen LogP contribution >= 0.6 is 0 Å². The van der Waals surface area contributed by atoms with Crippen molar-refractivity contribution in [2.24, 2.45) is 0 Å². The van der Waals surface area contributed by atoms with Gasteiger partial charge in [-0.25, -0.2) is 35.9 Å². The molecule has 5 heterocycles. The standard InChI is InChI=1S/C27H25F2NO2.C27H23F2NO2.C21H23NO3.C20H21NO2.C19H19NO3.C7H4F2O.CH4O.CH3.Pd/c2*1-17(2)27-26(25(32)13-9-18-8-11-22(28)23(29)14-18)21-15-20(31)10-12-24(21)30(27)16-19-6-4-3-5-7-19;1-4-25-21(24)19-17-12-16(23)10-11-18(17)22(20(19)14(2)3)13-15-8-6-5-7-9-15;1-13(2)20-19(14(3)22)17-11-16(23)9-10-18(17)21(20)12-15-7-5-4-6-8-15;1-12(2)18-17(19(22)23)15-10-14(21)8-9-16(15)20(18)11-13-6-4-3-5-7-13;8-6-2-1-5(4-10)3-7(6)9;1-2;;/h3-8,10-12,14-15,17,31H,9,13,16H2,1-2H3;3-15,17,31H,16H2,1-2H3;5-12,14,23H,4,13H2,1-3H3;4-11,13,23H,12H2,1-3H3;3-10,12,21H,11H2,1-2H3,(H,22,23);1-4H;2H,1H3;1H3;/q;;;;;;;-1;/b;13-9+;;;;;;;. The molecule has 0 saturated heterocycles. The van der Waals surface area contributed by atoms with Gasteiger partial charge in [-0.1, -0.05) is 239 Å². The SMILES string of the molecule is CC(=O)c1c(C(C)C)n(Cc2ccccc2)c2ccc(O)cc12.CC(C)c1c(C(=O)/C=C/c2ccc(F)c(F)c2)c2cc(O)ccc2n1Cc1ccccc1.CC(C)c1c(C(=O)CCc2ccc(F)c(F)c2)c2cc(O)ccc2n1Cc1ccccc1.CC(C)c1c(C(=O)O)c2cc(O)ccc2n1Cc1ccccc1.CCOC(=O)c1c(C(C)C)n(Cc2ccccc2)c2ccc(O)cc12.CO.O=Cc1ccc(F)c(F)c1.[CH3-].[Pd]. The summed E-state index contributed by atoms with van der Waals surface area (Å²) in [6.45, 7) is 27.3. The van der Waals surface area contributed by atoms with Gasteiger partial charge in [0.2, 0.25) is 0 Å². The molecule has 19 nitrogen and oxygen atoms in total. The Kier molecular flexibility index (Phi) is 40.9. The molecule has 0 fully saturated rings. The zero-order valence-corrected chi connectivity index (χ0v) is 86.9. The number of phenols is 5. The van der Waals surface area contributed by atoms with Crippen LogP contribution in [0.5, 0.6) is 28.7 Å². The average molecular weight is 2110 g/mol. The maximum Gasteiger partial charge on any atom is 0.340 e. The fourth-order valence-corrected chi connectivity index (χ4v) is 18.6. The van der Waals surface area contributed by atoms with Crippen LogP contribution < -0.4 is 0 Å². The van der Waals surface area contributed by atoms with Gasteiger partial charge < -0.3 is 70.7 Å². The van der Waals surface area contributed by atoms with E-state index in [1.807, 2.05) is 198 Å². The summed E-state index contributed by atoms with van der Waals surface area (Å²) in [5, 5.41) is 70.0. The molecule has 7 N–H and O–H groups in total. The molecule has 0 unspecified atom stereocenters. The molecular formula is C123H122F6N5O14Pd-. The first-order valence-corrected chi connectivity index (χ1v) is 48.3. The molecule has 0 radical (unpaired) electrons. The Morgan fingerprint density at radius 1 is 0.329 bits per heavy atom. The normalized spacial score (nSPS) is 11.0. The fraction of sp³-hybridized carbons (Fsp3) is 0.211. The summed E-state index contributed by atoms with van der Waals surface area (Å²) in [4.78, 5) is 73.5. The molecule has 0 bridgehead atoms. The predicted molar refractivity (Wildman–Crippen MR) is 574 cm³/mol. The zero-order valence-electron chi connectivity index (χ0n) is 85.4. The molecule has 776 valence electrons. The third-order valence-electron chi connectivity index (χ3n) is 24.7. The van der Waals surface area contributed by atoms with Gasteiger partial charge in [-0.2, -0.15) is 0 Å². The summed E-state index contributed by atoms with van der Waals surface area (Å²) in [6, 6.07) is 85.9. The van der Waals surface area contributed by atoms with Crippen molar-refractivity contribution in [3.05, 3.63) is 446 Å². The van der Waals surface area contributed by atoms with Gasteiger partial charge in [0.25, 0.3) is 0 Å². The van der Waals surface area contributed by atoms with E-state index in [4.69, 9.17) is 9.84 Å². The number of carbonyl (C=O) groups is 6. The first kappa shape index (κ1) is 115. The Labute approximate surface area is 876 Å². The topological polar surface area (TPSA) is 278 Å². The van der Waals surface area contributed by atoms with E-state index >= 15 is 0 Å². The van der Waals surface area contributed by atoms with E-state index in [1.165, 1.54) is 42.0 Å². The maximum atomic E-state index is 13.6. The van der Waals surface area contributed by atoms with Crippen molar-refractivity contribution < 1.29 is 116 Å². The number of aldehydes is 1. The van der Waals surface area contributed by atoms with Crippen molar-refractivity contribution in [3.63, 3.8) is 0 Å². The zero-order chi connectivity index (χ0) is 106. The van der Waals surface area contributed by atoms with Crippen LogP contribution in [0, 0.1) is 42.3 Å². The number of benzene rings is 13. The number of hydrogen-bond acceptors (Lipinski definition) is 13. The number of ether oxygens (including phenoxy) is 1. The number of phenolic OH excluding ortho intramolecular Hbond substituents is 5. The number of halogens is 6. The minimum Gasteiger partial charge on any atom is -0.508 e. The van der Waals surface area contributed by atoms with Crippen molar-refractivity contribution in [1.29, 1.82) is 0 Å². The molecule has 26 heteroatoms. The summed E-state index contributed by atoms with van der Waals surface area (Å²) in [6.07, 6.45) is 3.76. The molecule has 13 aromatic carbocycles. The molecule has 5 aromatic heterocycles. The van der Waals surface area contributed by atoms with E-state index in [9.17, 15) is 85.7 Å². The van der Waals surface area contributed by atoms with Crippen molar-refractivity contribution >= 4 is 96.2 Å². The van der Waals surface area contributed by atoms with Gasteiger partial charge in [0.05, 0.1) is 23.3 Å². The Balaban J connectivity index is 0.000000186. The fourth-order valence-electron chi connectivity index (χ4n) is 18.6. The Morgan fingerprint density at radius 3 is 0.913 bits per heavy atom. The van der Waals surface area contributed by atoms with Gasteiger partial charge >= 0.3 is 11.9 Å². The number of aliphatic hydroxyl groups is 1. The van der Waals surface area contributed by atoms with E-state index in [0.717, 1.165) is 138 Å². The van der Waals surface area contributed by atoms with E-state index < -0.39 is 40.9 Å². The summed E-state index contributed by atoms with van der Waals surface area (Å²) >= 11 is 0. The van der Waals surface area contributed by atoms with Crippen LogP contribution in [-0.2, 0) is 64.3 Å². The van der Waals surface area contributed by atoms with E-state index in [2.05, 4.69) is 70.2 Å². The third-order valence-corrected chi connectivity index (χ3v) is 24.7. The first-order valence-electron chi connectivity index (χ1n) is 48.3. The van der Waals surface area contributed by atoms with Gasteiger partial charge in [0.15, 0.2) is 52.3 Å². The Morgan fingerprint density at radius 2 is 0.604 bits per heavy atom. The number of rotatable bonds is 27. The minimum absolute atomic E-state index is 0. The van der Waals surface area contributed by atoms with Crippen LogP contribution in [0.15, 0.2) is 303 Å². The molecule has 0 aliphatic carbocycles. The van der Waals surface area contributed by atoms with Crippen LogP contribution in [0.3, 0.4) is 0 Å². The number of carboxylic acids is 1. The van der Waals surface area contributed by atoms with Crippen LogP contribution in [0.2, 0.25) is 0 Å². The first-order chi connectivity index (χ1) is 70.4. The number of aromatic nitrogens is 5. The molecule has 18 rings (SSSR count). The van der Waals surface area contributed by atoms with Crippen molar-refractivity contribution in [3.8, 4) is 28.7 Å². The number of hydrogen-bond donors (Lipinski definition) is 7. The number of fused-ring (bicyclic) bond motifs is 5. The number of carbonyl (C=O) groups excluding carboxylic acids is 5. The predicted octanol–water partition coefficient (Wildman–Crippen LogP) is 28.8. The quantitative estimate of drug-likeness (QED) is 0.00480. The molecule has 0 spiro atoms. The number of carboxylic acid groups (broad SMARTS) is 1. The van der Waals surface area contributed by atoms with Crippen LogP contribution in [0.4, 0.5) is 26.3 Å². The Hall–Kier alpha value is -15.9. The number of aromatic carboxylic acids is 1. The number of Topliss-reactive ketones (excluding diaryl/α,β-unsaturated/α-hetero) is 2. The van der Waals surface area contributed by atoms with Gasteiger partial charge in [-0.05, 0) is 228 Å². The summed E-state index contributed by atoms with van der Waals surface area (Å²) in [5.74, 6) is -6.18. The molecular weight excluding hydrogens is 1990 g/mol. The molecule has 0 aliphatic rings. The van der Waals surface area contributed by atoms with E-state index in [-0.39, 0.29) is 127 Å². The molecule has 18 aromatic rings. The van der Waals surface area contributed by atoms with E-state index in [0.29, 0.717) is 96.0 Å². The summed E-state index contributed by atoms with van der Waals surface area (Å²) < 4.78 is 93.8. The maximum absolute atomic E-state index is 13.6. The van der Waals surface area contributed by atoms with Crippen LogP contribution in [0.25, 0.3) is 60.6 Å². The largest absolute Gasteiger partial charge is 0.508 e. The number of aliphatic hydroxyl groups excluding tert-OH is 1.